The van der Waals surface area contributed by atoms with Crippen LogP contribution >= 0.6 is 0 Å². The average Bonchev–Trinajstić information content (AvgIpc) is 3.94. The van der Waals surface area contributed by atoms with Crippen LogP contribution in [0.25, 0.3) is 0 Å². The zero-order chi connectivity index (χ0) is 47.0. The lowest BCUT2D eigenvalue weighted by atomic mass is 9.90. The van der Waals surface area contributed by atoms with Gasteiger partial charge in [0.1, 0.15) is 16.9 Å². The van der Waals surface area contributed by atoms with Crippen molar-refractivity contribution in [1.82, 2.24) is 30.2 Å². The fourth-order valence-electron chi connectivity index (χ4n) is 9.22. The number of hydrogen-bond acceptors (Lipinski definition) is 10. The number of rotatable bonds is 9. The van der Waals surface area contributed by atoms with E-state index < -0.39 is 17.5 Å². The van der Waals surface area contributed by atoms with E-state index in [0.29, 0.717) is 24.0 Å². The number of benzene rings is 2. The Bertz CT molecular complexity index is 2390. The summed E-state index contributed by atoms with van der Waals surface area (Å²) in [6, 6.07) is 15.5. The smallest absolute Gasteiger partial charge is 0.358 e. The number of amides is 4. The van der Waals surface area contributed by atoms with E-state index in [-0.39, 0.29) is 53.4 Å². The Morgan fingerprint density at radius 2 is 1.34 bits per heavy atom. The summed E-state index contributed by atoms with van der Waals surface area (Å²) in [5, 5.41) is 14.5. The van der Waals surface area contributed by atoms with Gasteiger partial charge in [-0.1, -0.05) is 69.7 Å². The third-order valence-corrected chi connectivity index (χ3v) is 12.9. The van der Waals surface area contributed by atoms with Gasteiger partial charge in [0.15, 0.2) is 11.4 Å². The van der Waals surface area contributed by atoms with E-state index >= 15 is 0 Å². The Kier molecular flexibility index (Phi) is 15.6. The molecular formula is C49H64N8O8. The normalized spacial score (nSPS) is 19.7. The van der Waals surface area contributed by atoms with Gasteiger partial charge in [0, 0.05) is 35.6 Å². The Hall–Kier alpha value is -6.32. The van der Waals surface area contributed by atoms with Gasteiger partial charge in [-0.2, -0.15) is 10.2 Å². The molecule has 65 heavy (non-hydrogen) atoms. The molecule has 2 aromatic heterocycles. The minimum atomic E-state index is -1.21. The van der Waals surface area contributed by atoms with Crippen LogP contribution in [0.5, 0.6) is 0 Å². The molecule has 2 fully saturated rings. The van der Waals surface area contributed by atoms with Crippen LogP contribution in [-0.2, 0) is 38.6 Å². The van der Waals surface area contributed by atoms with Crippen LogP contribution in [0.1, 0.15) is 149 Å². The van der Waals surface area contributed by atoms with Gasteiger partial charge < -0.3 is 25.0 Å². The van der Waals surface area contributed by atoms with Crippen LogP contribution in [0, 0.1) is 20.8 Å². The highest BCUT2D eigenvalue weighted by Crippen LogP contribution is 2.36. The van der Waals surface area contributed by atoms with E-state index in [4.69, 9.17) is 4.74 Å². The number of nitrogens with zero attached hydrogens (tertiary/aromatic N) is 6. The van der Waals surface area contributed by atoms with Gasteiger partial charge in [-0.15, -0.1) is 0 Å². The predicted molar refractivity (Wildman–Crippen MR) is 246 cm³/mol. The van der Waals surface area contributed by atoms with Crippen LogP contribution in [0.3, 0.4) is 0 Å². The molecule has 2 aliphatic carbocycles. The lowest BCUT2D eigenvalue weighted by molar-refractivity contribution is -0.127. The van der Waals surface area contributed by atoms with Crippen molar-refractivity contribution in [3.63, 3.8) is 0 Å². The molecule has 8 rings (SSSR count). The third-order valence-electron chi connectivity index (χ3n) is 12.9. The summed E-state index contributed by atoms with van der Waals surface area (Å²) >= 11 is 0. The number of aryl methyl sites for hydroxylation is 4. The number of aromatic nitrogens is 4. The summed E-state index contributed by atoms with van der Waals surface area (Å²) in [6.45, 7) is 12.4. The van der Waals surface area contributed by atoms with Gasteiger partial charge >= 0.3 is 11.9 Å². The molecule has 4 heterocycles. The third kappa shape index (κ3) is 10.6. The van der Waals surface area contributed by atoms with Crippen LogP contribution in [0.15, 0.2) is 48.5 Å². The molecule has 2 unspecified atom stereocenters. The maximum Gasteiger partial charge on any atom is 0.358 e. The maximum absolute atomic E-state index is 13.8. The second kappa shape index (κ2) is 21.1. The highest BCUT2D eigenvalue weighted by Gasteiger charge is 2.50. The van der Waals surface area contributed by atoms with Crippen molar-refractivity contribution < 1.29 is 38.2 Å². The predicted octanol–water partition coefficient (Wildman–Crippen LogP) is 6.81. The minimum Gasteiger partial charge on any atom is -0.464 e. The molecule has 2 atom stereocenters. The van der Waals surface area contributed by atoms with Crippen molar-refractivity contribution in [2.75, 3.05) is 24.0 Å². The van der Waals surface area contributed by atoms with Crippen molar-refractivity contribution >= 4 is 47.4 Å². The number of ether oxygens (including phenoxy) is 2. The van der Waals surface area contributed by atoms with Crippen molar-refractivity contribution in [1.29, 1.82) is 0 Å². The monoisotopic (exact) mass is 892 g/mol. The quantitative estimate of drug-likeness (QED) is 0.134. The van der Waals surface area contributed by atoms with Gasteiger partial charge in [0.25, 0.3) is 11.8 Å². The van der Waals surface area contributed by atoms with Gasteiger partial charge in [0.05, 0.1) is 33.4 Å². The van der Waals surface area contributed by atoms with Gasteiger partial charge in [-0.05, 0) is 101 Å². The highest BCUT2D eigenvalue weighted by atomic mass is 16.5. The lowest BCUT2D eigenvalue weighted by Crippen LogP contribution is -2.65. The molecule has 4 amide bonds. The zero-order valence-corrected chi connectivity index (χ0v) is 39.1. The first-order valence-electron chi connectivity index (χ1n) is 22.8. The molecule has 16 heteroatoms. The Morgan fingerprint density at radius 1 is 0.754 bits per heavy atom. The summed E-state index contributed by atoms with van der Waals surface area (Å²) in [6.07, 6.45) is 13.2. The molecule has 348 valence electrons. The summed E-state index contributed by atoms with van der Waals surface area (Å²) < 4.78 is 12.5. The van der Waals surface area contributed by atoms with E-state index in [0.717, 1.165) is 66.5 Å². The number of methoxy groups -OCH3 is 2. The number of fused-ring (bicyclic) bond motifs is 2. The second-order valence-electron chi connectivity index (χ2n) is 17.8. The number of nitrogens with one attached hydrogen (secondary N) is 2. The number of esters is 2. The first kappa shape index (κ1) is 48.1. The van der Waals surface area contributed by atoms with Crippen molar-refractivity contribution in [2.45, 2.75) is 149 Å². The lowest BCUT2D eigenvalue weighted by Gasteiger charge is -2.44. The molecule has 4 aliphatic rings. The fraction of sp³-hybridized carbons (Fsp3) is 0.510. The van der Waals surface area contributed by atoms with Crippen molar-refractivity contribution in [3.8, 4) is 0 Å². The Balaban J connectivity index is 0.000000188. The van der Waals surface area contributed by atoms with Crippen LogP contribution < -0.4 is 20.4 Å². The molecule has 2 aliphatic heterocycles. The molecule has 4 aromatic rings. The Morgan fingerprint density at radius 3 is 1.91 bits per heavy atom. The molecule has 0 spiro atoms. The van der Waals surface area contributed by atoms with Crippen molar-refractivity contribution in [3.05, 3.63) is 93.6 Å². The summed E-state index contributed by atoms with van der Waals surface area (Å²) in [5.41, 5.74) is 5.47. The summed E-state index contributed by atoms with van der Waals surface area (Å²) in [4.78, 5) is 77.5. The fourth-order valence-corrected chi connectivity index (χ4v) is 9.22. The number of hydrogen-bond donors (Lipinski definition) is 2. The molecule has 0 radical (unpaired) electrons. The topological polar surface area (TPSA) is 187 Å². The molecule has 2 N–H and O–H groups in total. The number of anilines is 2. The average molecular weight is 893 g/mol. The van der Waals surface area contributed by atoms with Gasteiger partial charge in [-0.25, -0.2) is 9.59 Å². The van der Waals surface area contributed by atoms with Gasteiger partial charge in [0.2, 0.25) is 12.3 Å². The molecule has 16 nitrogen and oxygen atoms in total. The van der Waals surface area contributed by atoms with E-state index in [1.54, 1.807) is 21.4 Å². The number of carbonyl (C=O) groups is 6. The molecule has 0 bridgehead atoms. The minimum absolute atomic E-state index is 0.0517. The highest BCUT2D eigenvalue weighted by molar-refractivity contribution is 6.13. The largest absolute Gasteiger partial charge is 0.464 e. The van der Waals surface area contributed by atoms with Crippen molar-refractivity contribution in [2.24, 2.45) is 0 Å². The first-order valence-corrected chi connectivity index (χ1v) is 22.8. The van der Waals surface area contributed by atoms with E-state index in [9.17, 15) is 28.8 Å². The van der Waals surface area contributed by atoms with Crippen LogP contribution in [0.2, 0.25) is 0 Å². The molecule has 0 saturated heterocycles. The molecule has 2 saturated carbocycles. The van der Waals surface area contributed by atoms with E-state index in [1.165, 1.54) is 69.6 Å². The summed E-state index contributed by atoms with van der Waals surface area (Å²) in [5.74, 6) is -1.88. The second-order valence-corrected chi connectivity index (χ2v) is 17.8. The zero-order valence-electron chi connectivity index (χ0n) is 39.1. The van der Waals surface area contributed by atoms with E-state index in [2.05, 4.69) is 32.5 Å². The van der Waals surface area contributed by atoms with Gasteiger partial charge in [-0.3, -0.25) is 33.4 Å². The first-order chi connectivity index (χ1) is 31.1. The SMILES string of the molecule is CCc1ccc(N2C(=O)c3cc(C(=O)OC)nn3CC2(C)C(=O)NC2CCCCC2)c(C)c1.COC(=O)c1cc2n(n1)CC(C)N(c1cc(C)ccc1C)C2=O.O=CNC1CCCCC1. The molecule has 2 aromatic carbocycles. The van der Waals surface area contributed by atoms with Crippen LogP contribution in [-0.4, -0.2) is 93.5 Å². The Labute approximate surface area is 381 Å². The molecular weight excluding hydrogens is 829 g/mol. The summed E-state index contributed by atoms with van der Waals surface area (Å²) in [7, 11) is 2.57. The number of carbonyl (C=O) groups excluding carboxylic acids is 6. The standard InChI is InChI=1S/C25H32N4O4.C17H19N3O3.C7H13NO/c1-5-17-11-12-20(16(2)13-17)29-22(30)21-14-19(23(31)33-4)27-28(21)15-25(29,3)24(32)26-18-9-7-6-8-10-18;1-10-5-6-11(2)14(7-10)20-12(3)9-19-15(16(20)21)8-13(18-19)17(22)23-4;9-6-8-7-4-2-1-3-5-7/h11-14,18H,5-10,15H2,1-4H3,(H,26,32);5-8,12H,9H2,1-4H3;6-7H,1-5H2,(H,8,9). The van der Waals surface area contributed by atoms with Crippen LogP contribution in [0.4, 0.5) is 11.4 Å². The maximum atomic E-state index is 13.8. The van der Waals surface area contributed by atoms with E-state index in [1.807, 2.05) is 64.1 Å².